The van der Waals surface area contributed by atoms with Crippen LogP contribution < -0.4 is 0 Å². The van der Waals surface area contributed by atoms with Crippen LogP contribution in [0.3, 0.4) is 0 Å². The average Bonchev–Trinajstić information content (AvgIpc) is 2.91. The van der Waals surface area contributed by atoms with Gasteiger partial charge in [0.15, 0.2) is 0 Å². The van der Waals surface area contributed by atoms with E-state index in [1.54, 1.807) is 17.5 Å². The van der Waals surface area contributed by atoms with Gasteiger partial charge in [-0.25, -0.2) is 8.42 Å². The Morgan fingerprint density at radius 1 is 1.26 bits per heavy atom. The number of imide groups is 1. The molecule has 3 rings (SSSR count). The molecule has 6 nitrogen and oxygen atoms in total. The van der Waals surface area contributed by atoms with Crippen molar-refractivity contribution in [2.45, 2.75) is 10.3 Å². The van der Waals surface area contributed by atoms with Crippen LogP contribution >= 0.6 is 23.1 Å². The van der Waals surface area contributed by atoms with E-state index in [0.717, 1.165) is 23.1 Å². The maximum atomic E-state index is 12.1. The van der Waals surface area contributed by atoms with Gasteiger partial charge in [-0.1, -0.05) is 17.8 Å². The summed E-state index contributed by atoms with van der Waals surface area (Å²) in [5.74, 6) is -0.0688. The Labute approximate surface area is 118 Å². The van der Waals surface area contributed by atoms with Gasteiger partial charge in [0.05, 0.1) is 11.8 Å². The maximum Gasteiger partial charge on any atom is 0.289 e. The minimum Gasteiger partial charge on any atom is -0.273 e. The third kappa shape index (κ3) is 2.10. The second kappa shape index (κ2) is 4.58. The molecule has 2 amide bonds. The quantitative estimate of drug-likeness (QED) is 0.825. The molecule has 2 saturated heterocycles. The van der Waals surface area contributed by atoms with Gasteiger partial charge in [-0.05, 0) is 11.4 Å². The minimum absolute atomic E-state index is 0.160. The summed E-state index contributed by atoms with van der Waals surface area (Å²) in [6.45, 7) is 0.385. The molecular formula is C10H10N2O4S3. The predicted molar refractivity (Wildman–Crippen MR) is 71.6 cm³/mol. The van der Waals surface area contributed by atoms with Crippen molar-refractivity contribution in [2.75, 3.05) is 18.8 Å². The van der Waals surface area contributed by atoms with E-state index in [-0.39, 0.29) is 36.0 Å². The number of rotatable bonds is 3. The van der Waals surface area contributed by atoms with Gasteiger partial charge < -0.3 is 0 Å². The van der Waals surface area contributed by atoms with Crippen LogP contribution in [0.4, 0.5) is 4.79 Å². The van der Waals surface area contributed by atoms with Crippen molar-refractivity contribution < 1.29 is 18.0 Å². The molecule has 1 aromatic rings. The van der Waals surface area contributed by atoms with Crippen LogP contribution in [0, 0.1) is 0 Å². The number of sulfonamides is 1. The Bertz CT molecular complexity index is 603. The van der Waals surface area contributed by atoms with Gasteiger partial charge in [-0.2, -0.15) is 4.31 Å². The molecule has 3 heterocycles. The highest BCUT2D eigenvalue weighted by Crippen LogP contribution is 2.30. The summed E-state index contributed by atoms with van der Waals surface area (Å²) < 4.78 is 25.9. The number of amides is 2. The van der Waals surface area contributed by atoms with E-state index < -0.39 is 10.0 Å². The summed E-state index contributed by atoms with van der Waals surface area (Å²) in [7, 11) is -3.46. The predicted octanol–water partition coefficient (Wildman–Crippen LogP) is 0.816. The minimum atomic E-state index is -3.46. The van der Waals surface area contributed by atoms with Crippen LogP contribution in [0.5, 0.6) is 0 Å². The van der Waals surface area contributed by atoms with E-state index >= 15 is 0 Å². The first-order valence-electron chi connectivity index (χ1n) is 5.52. The highest BCUT2D eigenvalue weighted by atomic mass is 32.2. The van der Waals surface area contributed by atoms with Gasteiger partial charge in [-0.15, -0.1) is 11.3 Å². The lowest BCUT2D eigenvalue weighted by molar-refractivity contribution is -0.127. The molecule has 0 saturated carbocycles. The molecule has 9 heteroatoms. The molecule has 2 aliphatic rings. The molecule has 0 spiro atoms. The van der Waals surface area contributed by atoms with Crippen LogP contribution in [-0.4, -0.2) is 53.7 Å². The lowest BCUT2D eigenvalue weighted by Gasteiger charge is -2.41. The van der Waals surface area contributed by atoms with E-state index in [9.17, 15) is 18.0 Å². The summed E-state index contributed by atoms with van der Waals surface area (Å²) in [6, 6.07) is 2.92. The number of nitrogens with zero attached hydrogens (tertiary/aromatic N) is 2. The van der Waals surface area contributed by atoms with Crippen LogP contribution in [-0.2, 0) is 14.8 Å². The number of thiophene rings is 1. The number of hydrogen-bond acceptors (Lipinski definition) is 6. The normalized spacial score (nSPS) is 22.0. The average molecular weight is 318 g/mol. The van der Waals surface area contributed by atoms with Gasteiger partial charge in [0.25, 0.3) is 15.3 Å². The number of thioether (sulfide) groups is 1. The number of carbonyl (C=O) groups excluding carboxylic acids is 2. The molecule has 0 atom stereocenters. The van der Waals surface area contributed by atoms with Crippen molar-refractivity contribution in [3.63, 3.8) is 0 Å². The Morgan fingerprint density at radius 3 is 2.53 bits per heavy atom. The van der Waals surface area contributed by atoms with Crippen molar-refractivity contribution in [3.05, 3.63) is 17.5 Å². The van der Waals surface area contributed by atoms with Crippen LogP contribution in [0.2, 0.25) is 0 Å². The number of carbonyl (C=O) groups is 2. The molecule has 0 aliphatic carbocycles. The fourth-order valence-electron chi connectivity index (χ4n) is 2.03. The molecule has 1 aromatic heterocycles. The van der Waals surface area contributed by atoms with Crippen molar-refractivity contribution in [1.82, 2.24) is 9.21 Å². The van der Waals surface area contributed by atoms with E-state index in [1.165, 1.54) is 9.21 Å². The van der Waals surface area contributed by atoms with Crippen molar-refractivity contribution >= 4 is 44.3 Å². The zero-order valence-electron chi connectivity index (χ0n) is 9.68. The fraction of sp³-hybridized carbons (Fsp3) is 0.400. The van der Waals surface area contributed by atoms with E-state index in [1.807, 2.05) is 0 Å². The SMILES string of the molecule is O=C1CSC(=O)N1C1CN(S(=O)(=O)c2cccs2)C1. The summed E-state index contributed by atoms with van der Waals surface area (Å²) in [4.78, 5) is 24.2. The largest absolute Gasteiger partial charge is 0.289 e. The Kier molecular flexibility index (Phi) is 3.16. The smallest absolute Gasteiger partial charge is 0.273 e. The highest BCUT2D eigenvalue weighted by Gasteiger charge is 2.46. The monoisotopic (exact) mass is 318 g/mol. The summed E-state index contributed by atoms with van der Waals surface area (Å²) in [5, 5.41) is 1.43. The summed E-state index contributed by atoms with van der Waals surface area (Å²) in [5.41, 5.74) is 0. The summed E-state index contributed by atoms with van der Waals surface area (Å²) in [6.07, 6.45) is 0. The highest BCUT2D eigenvalue weighted by molar-refractivity contribution is 8.14. The Morgan fingerprint density at radius 2 is 2.00 bits per heavy atom. The first-order valence-corrected chi connectivity index (χ1v) is 8.83. The molecule has 2 aliphatic heterocycles. The molecule has 2 fully saturated rings. The van der Waals surface area contributed by atoms with E-state index in [0.29, 0.717) is 4.21 Å². The lowest BCUT2D eigenvalue weighted by atomic mass is 10.1. The maximum absolute atomic E-state index is 12.1. The number of hydrogen-bond donors (Lipinski definition) is 0. The zero-order chi connectivity index (χ0) is 13.6. The summed E-state index contributed by atoms with van der Waals surface area (Å²) >= 11 is 2.13. The molecule has 0 bridgehead atoms. The zero-order valence-corrected chi connectivity index (χ0v) is 12.1. The fourth-order valence-corrected chi connectivity index (χ4v) is 5.47. The van der Waals surface area contributed by atoms with Gasteiger partial charge in [-0.3, -0.25) is 14.5 Å². The first-order chi connectivity index (χ1) is 9.00. The third-order valence-electron chi connectivity index (χ3n) is 3.07. The van der Waals surface area contributed by atoms with Crippen molar-refractivity contribution in [2.24, 2.45) is 0 Å². The Balaban J connectivity index is 1.71. The third-order valence-corrected chi connectivity index (χ3v) is 7.11. The van der Waals surface area contributed by atoms with Gasteiger partial charge in [0.1, 0.15) is 4.21 Å². The van der Waals surface area contributed by atoms with Crippen LogP contribution in [0.25, 0.3) is 0 Å². The molecular weight excluding hydrogens is 308 g/mol. The van der Waals surface area contributed by atoms with E-state index in [4.69, 9.17) is 0 Å². The molecule has 102 valence electrons. The topological polar surface area (TPSA) is 74.8 Å². The molecule has 0 aromatic carbocycles. The van der Waals surface area contributed by atoms with E-state index in [2.05, 4.69) is 0 Å². The van der Waals surface area contributed by atoms with Gasteiger partial charge >= 0.3 is 0 Å². The van der Waals surface area contributed by atoms with Gasteiger partial charge in [0.2, 0.25) is 5.91 Å². The Hall–Kier alpha value is -0.900. The molecule has 19 heavy (non-hydrogen) atoms. The lowest BCUT2D eigenvalue weighted by Crippen LogP contribution is -2.61. The second-order valence-electron chi connectivity index (χ2n) is 4.23. The van der Waals surface area contributed by atoms with Crippen LogP contribution in [0.15, 0.2) is 21.7 Å². The first kappa shape index (κ1) is 13.1. The molecule has 0 radical (unpaired) electrons. The molecule has 0 unspecified atom stereocenters. The van der Waals surface area contributed by atoms with Crippen LogP contribution in [0.1, 0.15) is 0 Å². The standard InChI is InChI=1S/C10H10N2O4S3/c13-8-6-18-10(14)12(8)7-4-11(5-7)19(15,16)9-2-1-3-17-9/h1-3,7H,4-6H2. The van der Waals surface area contributed by atoms with Crippen molar-refractivity contribution in [1.29, 1.82) is 0 Å². The molecule has 0 N–H and O–H groups in total. The second-order valence-corrected chi connectivity index (χ2v) is 8.27. The van der Waals surface area contributed by atoms with Crippen molar-refractivity contribution in [3.8, 4) is 0 Å². The van der Waals surface area contributed by atoms with Gasteiger partial charge in [0, 0.05) is 13.1 Å².